The smallest absolute Gasteiger partial charge is 0.343 e. The molecule has 0 radical (unpaired) electrons. The molecule has 108 valence electrons. The Labute approximate surface area is 122 Å². The number of hydrogen-bond acceptors (Lipinski definition) is 4. The summed E-state index contributed by atoms with van der Waals surface area (Å²) in [6, 6.07) is 11.5. The summed E-state index contributed by atoms with van der Waals surface area (Å²) in [5, 5.41) is 0. The summed E-state index contributed by atoms with van der Waals surface area (Å²) >= 11 is 0. The molecule has 0 aromatic heterocycles. The molecule has 0 saturated heterocycles. The first kappa shape index (κ1) is 15.0. The molecule has 0 atom stereocenters. The molecule has 0 bridgehead atoms. The van der Waals surface area contributed by atoms with Crippen molar-refractivity contribution >= 4 is 22.2 Å². The number of rotatable bonds is 4. The van der Waals surface area contributed by atoms with E-state index in [1.54, 1.807) is 30.3 Å². The molecule has 6 heteroatoms. The predicted molar refractivity (Wildman–Crippen MR) is 77.7 cm³/mol. The van der Waals surface area contributed by atoms with Crippen molar-refractivity contribution in [2.75, 3.05) is 0 Å². The van der Waals surface area contributed by atoms with Crippen LogP contribution in [-0.2, 0) is 10.1 Å². The first-order chi connectivity index (χ1) is 9.90. The molecule has 0 aliphatic heterocycles. The summed E-state index contributed by atoms with van der Waals surface area (Å²) in [4.78, 5) is 11.6. The van der Waals surface area contributed by atoms with Gasteiger partial charge in [0.05, 0.1) is 10.5 Å². The van der Waals surface area contributed by atoms with E-state index >= 15 is 0 Å². The van der Waals surface area contributed by atoms with Crippen molar-refractivity contribution in [2.45, 2.75) is 4.90 Å². The van der Waals surface area contributed by atoms with Gasteiger partial charge in [-0.25, -0.2) is 4.79 Å². The third-order valence-corrected chi connectivity index (χ3v) is 3.58. The van der Waals surface area contributed by atoms with Gasteiger partial charge in [0, 0.05) is 0 Å². The molecule has 2 rings (SSSR count). The second kappa shape index (κ2) is 5.90. The van der Waals surface area contributed by atoms with Gasteiger partial charge in [-0.2, -0.15) is 8.42 Å². The molecule has 0 aliphatic carbocycles. The Morgan fingerprint density at radius 3 is 2.10 bits per heavy atom. The largest absolute Gasteiger partial charge is 0.423 e. The van der Waals surface area contributed by atoms with Crippen LogP contribution in [0.5, 0.6) is 5.75 Å². The summed E-state index contributed by atoms with van der Waals surface area (Å²) in [6.07, 6.45) is 1.66. The Balaban J connectivity index is 2.13. The fraction of sp³-hybridized carbons (Fsp3) is 0. The van der Waals surface area contributed by atoms with Crippen LogP contribution in [0, 0.1) is 0 Å². The average molecular weight is 304 g/mol. The highest BCUT2D eigenvalue weighted by Crippen LogP contribution is 2.17. The molecule has 1 N–H and O–H groups in total. The Kier molecular flexibility index (Phi) is 4.21. The lowest BCUT2D eigenvalue weighted by atomic mass is 10.1. The van der Waals surface area contributed by atoms with Crippen LogP contribution in [0.4, 0.5) is 0 Å². The predicted octanol–water partition coefficient (Wildman–Crippen LogP) is 2.80. The van der Waals surface area contributed by atoms with Crippen molar-refractivity contribution in [3.63, 3.8) is 0 Å². The van der Waals surface area contributed by atoms with E-state index in [9.17, 15) is 13.2 Å². The van der Waals surface area contributed by atoms with E-state index in [2.05, 4.69) is 6.58 Å². The van der Waals surface area contributed by atoms with Gasteiger partial charge in [-0.15, -0.1) is 0 Å². The van der Waals surface area contributed by atoms with E-state index in [1.807, 2.05) is 0 Å². The second-order valence-electron chi connectivity index (χ2n) is 4.16. The summed E-state index contributed by atoms with van der Waals surface area (Å²) in [5.41, 5.74) is 1.24. The Hall–Kier alpha value is -2.44. The maximum absolute atomic E-state index is 11.9. The van der Waals surface area contributed by atoms with Crippen molar-refractivity contribution in [1.29, 1.82) is 0 Å². The molecule has 0 saturated carbocycles. The number of esters is 1. The normalized spacial score (nSPS) is 10.9. The maximum Gasteiger partial charge on any atom is 0.343 e. The van der Waals surface area contributed by atoms with Gasteiger partial charge >= 0.3 is 5.97 Å². The molecule has 5 nitrogen and oxygen atoms in total. The van der Waals surface area contributed by atoms with Crippen LogP contribution in [0.2, 0.25) is 0 Å². The molecule has 0 aliphatic rings. The molecule has 21 heavy (non-hydrogen) atoms. The highest BCUT2D eigenvalue weighted by molar-refractivity contribution is 7.85. The van der Waals surface area contributed by atoms with Gasteiger partial charge < -0.3 is 4.74 Å². The van der Waals surface area contributed by atoms with Crippen LogP contribution in [0.15, 0.2) is 60.0 Å². The summed E-state index contributed by atoms with van der Waals surface area (Å²) in [7, 11) is -4.26. The van der Waals surface area contributed by atoms with E-state index in [0.717, 1.165) is 17.7 Å². The van der Waals surface area contributed by atoms with Gasteiger partial charge in [-0.05, 0) is 42.0 Å². The molecular formula is C15H12O5S. The Morgan fingerprint density at radius 2 is 1.62 bits per heavy atom. The van der Waals surface area contributed by atoms with Gasteiger partial charge in [-0.3, -0.25) is 4.55 Å². The fourth-order valence-electron chi connectivity index (χ4n) is 1.60. The van der Waals surface area contributed by atoms with Crippen molar-refractivity contribution in [2.24, 2.45) is 0 Å². The average Bonchev–Trinajstić information content (AvgIpc) is 2.47. The van der Waals surface area contributed by atoms with Crippen LogP contribution in [0.25, 0.3) is 6.08 Å². The SMILES string of the molecule is C=Cc1ccc(C(=O)Oc2ccc(S(=O)(=O)O)cc2)cc1. The topological polar surface area (TPSA) is 80.7 Å². The van der Waals surface area contributed by atoms with Gasteiger partial charge in [-0.1, -0.05) is 24.8 Å². The van der Waals surface area contributed by atoms with Crippen LogP contribution >= 0.6 is 0 Å². The molecule has 0 amide bonds. The second-order valence-corrected chi connectivity index (χ2v) is 5.58. The zero-order valence-electron chi connectivity index (χ0n) is 10.9. The van der Waals surface area contributed by atoms with Crippen molar-refractivity contribution in [1.82, 2.24) is 0 Å². The van der Waals surface area contributed by atoms with E-state index in [4.69, 9.17) is 9.29 Å². The number of hydrogen-bond donors (Lipinski definition) is 1. The van der Waals surface area contributed by atoms with Crippen molar-refractivity contribution in [3.05, 3.63) is 66.2 Å². The van der Waals surface area contributed by atoms with E-state index < -0.39 is 16.1 Å². The van der Waals surface area contributed by atoms with E-state index in [0.29, 0.717) is 5.56 Å². The van der Waals surface area contributed by atoms with Gasteiger partial charge in [0.15, 0.2) is 0 Å². The Bertz CT molecular complexity index is 759. The monoisotopic (exact) mass is 304 g/mol. The third kappa shape index (κ3) is 3.77. The minimum Gasteiger partial charge on any atom is -0.423 e. The highest BCUT2D eigenvalue weighted by Gasteiger charge is 2.11. The first-order valence-corrected chi connectivity index (χ1v) is 7.36. The molecule has 2 aromatic carbocycles. The summed E-state index contributed by atoms with van der Waals surface area (Å²) in [6.45, 7) is 3.62. The number of ether oxygens (including phenoxy) is 1. The molecule has 2 aromatic rings. The van der Waals surface area contributed by atoms with Crippen molar-refractivity contribution < 1.29 is 22.5 Å². The minimum absolute atomic E-state index is 0.181. The summed E-state index contributed by atoms with van der Waals surface area (Å²) in [5.74, 6) is -0.384. The molecular weight excluding hydrogens is 292 g/mol. The number of benzene rings is 2. The maximum atomic E-state index is 11.9. The van der Waals surface area contributed by atoms with Gasteiger partial charge in [0.1, 0.15) is 5.75 Å². The fourth-order valence-corrected chi connectivity index (χ4v) is 2.08. The lowest BCUT2D eigenvalue weighted by molar-refractivity contribution is 0.0734. The lowest BCUT2D eigenvalue weighted by Gasteiger charge is -2.05. The molecule has 0 spiro atoms. The van der Waals surface area contributed by atoms with Gasteiger partial charge in [0.25, 0.3) is 10.1 Å². The number of carbonyl (C=O) groups is 1. The van der Waals surface area contributed by atoms with Crippen molar-refractivity contribution in [3.8, 4) is 5.75 Å². The summed E-state index contributed by atoms with van der Waals surface area (Å²) < 4.78 is 35.7. The van der Waals surface area contributed by atoms with Gasteiger partial charge in [0.2, 0.25) is 0 Å². The lowest BCUT2D eigenvalue weighted by Crippen LogP contribution is -2.08. The first-order valence-electron chi connectivity index (χ1n) is 5.92. The third-order valence-electron chi connectivity index (χ3n) is 2.71. The van der Waals surface area contributed by atoms with Crippen LogP contribution in [-0.4, -0.2) is 18.9 Å². The zero-order valence-corrected chi connectivity index (χ0v) is 11.7. The molecule has 0 fully saturated rings. The van der Waals surface area contributed by atoms with E-state index in [1.165, 1.54) is 12.1 Å². The highest BCUT2D eigenvalue weighted by atomic mass is 32.2. The van der Waals surface area contributed by atoms with Crippen LogP contribution in [0.3, 0.4) is 0 Å². The number of carbonyl (C=O) groups excluding carboxylic acids is 1. The zero-order chi connectivity index (χ0) is 15.5. The molecule has 0 unspecified atom stereocenters. The van der Waals surface area contributed by atoms with Crippen LogP contribution in [0.1, 0.15) is 15.9 Å². The van der Waals surface area contributed by atoms with Crippen LogP contribution < -0.4 is 4.74 Å². The quantitative estimate of drug-likeness (QED) is 0.533. The molecule has 0 heterocycles. The standard InChI is InChI=1S/C15H12O5S/c1-2-11-3-5-12(6-4-11)15(16)20-13-7-9-14(10-8-13)21(17,18)19/h2-10H,1H2,(H,17,18,19). The minimum atomic E-state index is -4.26. The Morgan fingerprint density at radius 1 is 1.05 bits per heavy atom. The van der Waals surface area contributed by atoms with E-state index in [-0.39, 0.29) is 10.6 Å².